The van der Waals surface area contributed by atoms with Crippen molar-refractivity contribution in [3.8, 4) is 16.9 Å². The van der Waals surface area contributed by atoms with E-state index in [1.807, 2.05) is 39.9 Å². The Bertz CT molecular complexity index is 1060. The van der Waals surface area contributed by atoms with Gasteiger partial charge in [0.25, 0.3) is 0 Å². The van der Waals surface area contributed by atoms with Crippen molar-refractivity contribution in [2.45, 2.75) is 18.9 Å². The monoisotopic (exact) mass is 391 g/mol. The molecule has 150 valence electrons. The van der Waals surface area contributed by atoms with Crippen molar-refractivity contribution in [1.29, 1.82) is 0 Å². The second-order valence-electron chi connectivity index (χ2n) is 7.98. The van der Waals surface area contributed by atoms with Crippen LogP contribution >= 0.6 is 0 Å². The highest BCUT2D eigenvalue weighted by Crippen LogP contribution is 2.34. The van der Waals surface area contributed by atoms with E-state index in [4.69, 9.17) is 4.74 Å². The molecule has 7 nitrogen and oxygen atoms in total. The van der Waals surface area contributed by atoms with Crippen molar-refractivity contribution in [2.24, 2.45) is 5.92 Å². The molecule has 3 heterocycles. The molecule has 1 saturated heterocycles. The maximum Gasteiger partial charge on any atom is 0.225 e. The lowest BCUT2D eigenvalue weighted by atomic mass is 10.0. The first kappa shape index (κ1) is 18.1. The van der Waals surface area contributed by atoms with Crippen LogP contribution in [0.1, 0.15) is 24.6 Å². The average molecular weight is 391 g/mol. The average Bonchev–Trinajstić information content (AvgIpc) is 3.53. The number of aromatic nitrogens is 3. The van der Waals surface area contributed by atoms with Crippen LogP contribution in [0.2, 0.25) is 0 Å². The molecule has 1 saturated carbocycles. The molecule has 2 aromatic heterocycles. The molecule has 2 fully saturated rings. The molecule has 0 radical (unpaired) electrons. The number of likely N-dealkylation sites (N-methyl/N-ethyl adjacent to an activating group) is 1. The van der Waals surface area contributed by atoms with Crippen LogP contribution < -0.4 is 4.74 Å². The van der Waals surface area contributed by atoms with Gasteiger partial charge in [-0.2, -0.15) is 0 Å². The van der Waals surface area contributed by atoms with Crippen molar-refractivity contribution < 1.29 is 9.53 Å². The van der Waals surface area contributed by atoms with Crippen molar-refractivity contribution >= 4 is 11.4 Å². The number of fused-ring (bicyclic) bond motifs is 1. The number of ether oxygens (including phenoxy) is 1. The Kier molecular flexibility index (Phi) is 4.47. The third kappa shape index (κ3) is 3.25. The Balaban J connectivity index is 1.47. The number of pyridine rings is 1. The van der Waals surface area contributed by atoms with Crippen molar-refractivity contribution in [3.05, 3.63) is 48.3 Å². The summed E-state index contributed by atoms with van der Waals surface area (Å²) in [6.07, 6.45) is 4.06. The van der Waals surface area contributed by atoms with E-state index in [0.29, 0.717) is 12.5 Å². The Labute approximate surface area is 169 Å². The Morgan fingerprint density at radius 3 is 2.76 bits per heavy atom. The number of benzene rings is 1. The highest BCUT2D eigenvalue weighted by atomic mass is 16.5. The van der Waals surface area contributed by atoms with Gasteiger partial charge in [-0.15, -0.1) is 5.10 Å². The molecule has 0 unspecified atom stereocenters. The van der Waals surface area contributed by atoms with Crippen molar-refractivity contribution in [2.75, 3.05) is 33.8 Å². The van der Waals surface area contributed by atoms with E-state index < -0.39 is 0 Å². The summed E-state index contributed by atoms with van der Waals surface area (Å²) < 4.78 is 7.32. The van der Waals surface area contributed by atoms with Gasteiger partial charge in [-0.25, -0.2) is 4.52 Å². The lowest BCUT2D eigenvalue weighted by Crippen LogP contribution is -2.49. The van der Waals surface area contributed by atoms with Gasteiger partial charge in [-0.1, -0.05) is 29.5 Å². The number of hydrogen-bond acceptors (Lipinski definition) is 5. The summed E-state index contributed by atoms with van der Waals surface area (Å²) in [6.45, 7) is 2.31. The maximum absolute atomic E-state index is 12.6. The van der Waals surface area contributed by atoms with Gasteiger partial charge in [0.1, 0.15) is 11.4 Å². The molecule has 0 bridgehead atoms. The molecule has 1 aliphatic heterocycles. The number of rotatable bonds is 4. The maximum atomic E-state index is 12.6. The van der Waals surface area contributed by atoms with Crippen molar-refractivity contribution in [1.82, 2.24) is 24.6 Å². The predicted octanol–water partition coefficient (Wildman–Crippen LogP) is 2.63. The van der Waals surface area contributed by atoms with E-state index in [2.05, 4.69) is 34.4 Å². The quantitative estimate of drug-likeness (QED) is 0.684. The number of methoxy groups -OCH3 is 1. The Hall–Kier alpha value is -2.93. The zero-order valence-electron chi connectivity index (χ0n) is 16.8. The second kappa shape index (κ2) is 7.15. The largest absolute Gasteiger partial charge is 0.496 e. The first-order valence-corrected chi connectivity index (χ1v) is 10.1. The Morgan fingerprint density at radius 2 is 1.97 bits per heavy atom. The Morgan fingerprint density at radius 1 is 1.14 bits per heavy atom. The molecule has 2 aliphatic rings. The number of nitrogens with zero attached hydrogens (tertiary/aromatic N) is 5. The fourth-order valence-corrected chi connectivity index (χ4v) is 4.15. The van der Waals surface area contributed by atoms with Gasteiger partial charge in [0, 0.05) is 42.9 Å². The highest BCUT2D eigenvalue weighted by molar-refractivity contribution is 5.81. The summed E-state index contributed by atoms with van der Waals surface area (Å²) in [7, 11) is 3.77. The normalized spacial score (nSPS) is 20.2. The first-order chi connectivity index (χ1) is 14.2. The summed E-state index contributed by atoms with van der Waals surface area (Å²) in [5.74, 6) is 1.38. The van der Waals surface area contributed by atoms with Crippen LogP contribution in [0.5, 0.6) is 5.75 Å². The third-order valence-electron chi connectivity index (χ3n) is 6.06. The summed E-state index contributed by atoms with van der Waals surface area (Å²) in [4.78, 5) is 16.8. The van der Waals surface area contributed by atoms with E-state index in [-0.39, 0.29) is 12.0 Å². The number of para-hydroxylation sites is 1. The van der Waals surface area contributed by atoms with E-state index in [1.54, 1.807) is 7.11 Å². The molecule has 3 aromatic rings. The number of hydrogen-bond donors (Lipinski definition) is 0. The lowest BCUT2D eigenvalue weighted by Gasteiger charge is -2.38. The van der Waals surface area contributed by atoms with E-state index >= 15 is 0 Å². The van der Waals surface area contributed by atoms with Crippen LogP contribution in [0, 0.1) is 5.92 Å². The van der Waals surface area contributed by atoms with Crippen LogP contribution in [0.3, 0.4) is 0 Å². The minimum Gasteiger partial charge on any atom is -0.496 e. The first-order valence-electron chi connectivity index (χ1n) is 10.1. The molecule has 1 atom stereocenters. The van der Waals surface area contributed by atoms with Gasteiger partial charge >= 0.3 is 0 Å². The van der Waals surface area contributed by atoms with Gasteiger partial charge in [-0.05, 0) is 32.0 Å². The lowest BCUT2D eigenvalue weighted by molar-refractivity contribution is -0.135. The van der Waals surface area contributed by atoms with E-state index in [0.717, 1.165) is 54.0 Å². The SMILES string of the molecule is COc1ccccc1-c1ccc2c([C@H]3CN(C(=O)C4CC4)CCN3C)nnn2c1. The fourth-order valence-electron chi connectivity index (χ4n) is 4.15. The molecule has 5 rings (SSSR count). The van der Waals surface area contributed by atoms with Gasteiger partial charge in [0.2, 0.25) is 5.91 Å². The highest BCUT2D eigenvalue weighted by Gasteiger charge is 2.38. The molecule has 0 N–H and O–H groups in total. The zero-order chi connectivity index (χ0) is 20.0. The molecule has 0 spiro atoms. The third-order valence-corrected chi connectivity index (χ3v) is 6.06. The molecule has 29 heavy (non-hydrogen) atoms. The van der Waals surface area contributed by atoms with Gasteiger partial charge in [0.05, 0.1) is 18.7 Å². The summed E-state index contributed by atoms with van der Waals surface area (Å²) >= 11 is 0. The molecule has 7 heteroatoms. The smallest absolute Gasteiger partial charge is 0.225 e. The molecule has 1 aromatic carbocycles. The number of piperazine rings is 1. The molecular formula is C22H25N5O2. The summed E-state index contributed by atoms with van der Waals surface area (Å²) in [5, 5.41) is 8.89. The topological polar surface area (TPSA) is 63.0 Å². The van der Waals surface area contributed by atoms with E-state index in [1.165, 1.54) is 0 Å². The standard InChI is InChI=1S/C22H25N5O2/c1-25-11-12-26(22(28)15-7-8-15)14-19(25)21-18-10-9-16(13-27(18)24-23-21)17-5-3-4-6-20(17)29-2/h3-6,9-10,13,15,19H,7-8,11-12,14H2,1-2H3/t19-/m1/s1. The fraction of sp³-hybridized carbons (Fsp3) is 0.409. The zero-order valence-corrected chi connectivity index (χ0v) is 16.8. The minimum atomic E-state index is 0.0565. The van der Waals surface area contributed by atoms with E-state index in [9.17, 15) is 4.79 Å². The van der Waals surface area contributed by atoms with Crippen LogP contribution in [-0.4, -0.2) is 64.3 Å². The predicted molar refractivity (Wildman–Crippen MR) is 110 cm³/mol. The van der Waals surface area contributed by atoms with Gasteiger partial charge in [0.15, 0.2) is 0 Å². The van der Waals surface area contributed by atoms with Crippen molar-refractivity contribution in [3.63, 3.8) is 0 Å². The van der Waals surface area contributed by atoms with Crippen LogP contribution in [-0.2, 0) is 4.79 Å². The number of amides is 1. The summed E-state index contributed by atoms with van der Waals surface area (Å²) in [5.41, 5.74) is 3.94. The number of carbonyl (C=O) groups is 1. The summed E-state index contributed by atoms with van der Waals surface area (Å²) in [6, 6.07) is 12.1. The number of carbonyl (C=O) groups excluding carboxylic acids is 1. The molecule has 1 amide bonds. The van der Waals surface area contributed by atoms with Gasteiger partial charge < -0.3 is 9.64 Å². The molecular weight excluding hydrogens is 366 g/mol. The van der Waals surface area contributed by atoms with Gasteiger partial charge in [-0.3, -0.25) is 9.69 Å². The van der Waals surface area contributed by atoms with Crippen LogP contribution in [0.15, 0.2) is 42.6 Å². The second-order valence-corrected chi connectivity index (χ2v) is 7.98. The molecule has 1 aliphatic carbocycles. The minimum absolute atomic E-state index is 0.0565. The van der Waals surface area contributed by atoms with Crippen LogP contribution in [0.4, 0.5) is 0 Å². The van der Waals surface area contributed by atoms with Crippen LogP contribution in [0.25, 0.3) is 16.6 Å².